The molecule has 0 fully saturated rings. The number of hydrogen-bond donors (Lipinski definition) is 0. The van der Waals surface area contributed by atoms with Crippen LogP contribution in [0.1, 0.15) is 30.9 Å². The van der Waals surface area contributed by atoms with Crippen molar-refractivity contribution in [2.24, 2.45) is 0 Å². The molecule has 1 heterocycles. The summed E-state index contributed by atoms with van der Waals surface area (Å²) in [5, 5.41) is 4.46. The van der Waals surface area contributed by atoms with Crippen molar-refractivity contribution < 1.29 is 0 Å². The van der Waals surface area contributed by atoms with Crippen molar-refractivity contribution in [3.63, 3.8) is 0 Å². The number of benzene rings is 1. The second kappa shape index (κ2) is 6.71. The average molecular weight is 291 g/mol. The van der Waals surface area contributed by atoms with Gasteiger partial charge >= 0.3 is 0 Å². The van der Waals surface area contributed by atoms with Gasteiger partial charge in [0.2, 0.25) is 0 Å². The quantitative estimate of drug-likeness (QED) is 0.786. The molecule has 0 N–H and O–H groups in total. The normalized spacial score (nSPS) is 10.8. The maximum Gasteiger partial charge on any atom is 0.271 e. The van der Waals surface area contributed by atoms with Gasteiger partial charge in [0.1, 0.15) is 0 Å². The van der Waals surface area contributed by atoms with Gasteiger partial charge in [0.25, 0.3) is 5.56 Å². The van der Waals surface area contributed by atoms with Crippen LogP contribution in [0.2, 0.25) is 0 Å². The molecule has 0 spiro atoms. The first-order valence-electron chi connectivity index (χ1n) is 6.89. The third kappa shape index (κ3) is 3.28. The maximum absolute atomic E-state index is 12.2. The molecule has 1 aromatic heterocycles. The monoisotopic (exact) mass is 290 g/mol. The van der Waals surface area contributed by atoms with E-state index in [1.807, 2.05) is 31.2 Å². The smallest absolute Gasteiger partial charge is 0.267 e. The van der Waals surface area contributed by atoms with E-state index in [1.165, 1.54) is 10.2 Å². The van der Waals surface area contributed by atoms with Crippen molar-refractivity contribution in [2.75, 3.05) is 0 Å². The number of alkyl halides is 1. The van der Waals surface area contributed by atoms with Crippen LogP contribution in [0.15, 0.2) is 35.1 Å². The number of aromatic nitrogens is 2. The minimum Gasteiger partial charge on any atom is -0.267 e. The number of unbranched alkanes of at least 4 members (excludes halogenated alkanes) is 1. The van der Waals surface area contributed by atoms with Crippen LogP contribution >= 0.6 is 11.6 Å². The van der Waals surface area contributed by atoms with E-state index >= 15 is 0 Å². The fourth-order valence-corrected chi connectivity index (χ4v) is 2.21. The van der Waals surface area contributed by atoms with Crippen molar-refractivity contribution in [3.05, 3.63) is 51.8 Å². The molecule has 2 rings (SSSR count). The number of aryl methyl sites for hydroxylation is 2. The maximum atomic E-state index is 12.2. The lowest BCUT2D eigenvalue weighted by Gasteiger charge is -2.09. The largest absolute Gasteiger partial charge is 0.271 e. The lowest BCUT2D eigenvalue weighted by atomic mass is 10.1. The minimum absolute atomic E-state index is 0.0793. The van der Waals surface area contributed by atoms with Crippen LogP contribution in [-0.4, -0.2) is 9.78 Å². The Morgan fingerprint density at radius 3 is 2.55 bits per heavy atom. The molecule has 0 aliphatic heterocycles. The average Bonchev–Trinajstić information content (AvgIpc) is 2.47. The molecule has 4 heteroatoms. The van der Waals surface area contributed by atoms with Gasteiger partial charge in [0.05, 0.1) is 11.6 Å². The molecule has 1 aromatic carbocycles. The molecule has 2 aromatic rings. The van der Waals surface area contributed by atoms with Crippen molar-refractivity contribution in [2.45, 2.75) is 39.1 Å². The number of rotatable bonds is 5. The Morgan fingerprint density at radius 2 is 1.95 bits per heavy atom. The van der Waals surface area contributed by atoms with Crippen LogP contribution in [0.5, 0.6) is 0 Å². The lowest BCUT2D eigenvalue weighted by molar-refractivity contribution is 0.542. The summed E-state index contributed by atoms with van der Waals surface area (Å²) in [6.07, 6.45) is 1.96. The third-order valence-electron chi connectivity index (χ3n) is 3.26. The molecule has 20 heavy (non-hydrogen) atoms. The molecule has 0 saturated carbocycles. The van der Waals surface area contributed by atoms with Crippen LogP contribution in [-0.2, 0) is 12.4 Å². The van der Waals surface area contributed by atoms with Gasteiger partial charge in [0, 0.05) is 17.7 Å². The zero-order chi connectivity index (χ0) is 14.5. The van der Waals surface area contributed by atoms with Gasteiger partial charge in [0.15, 0.2) is 0 Å². The molecule has 0 radical (unpaired) electrons. The fourth-order valence-electron chi connectivity index (χ4n) is 2.02. The van der Waals surface area contributed by atoms with Gasteiger partial charge in [-0.1, -0.05) is 43.2 Å². The molecular formula is C16H19ClN2O. The molecule has 0 atom stereocenters. The van der Waals surface area contributed by atoms with Crippen LogP contribution in [0.3, 0.4) is 0 Å². The molecule has 3 nitrogen and oxygen atoms in total. The Labute approximate surface area is 124 Å². The highest BCUT2D eigenvalue weighted by atomic mass is 35.5. The van der Waals surface area contributed by atoms with E-state index in [1.54, 1.807) is 6.07 Å². The molecule has 0 aliphatic rings. The Bertz CT molecular complexity index is 632. The van der Waals surface area contributed by atoms with Crippen molar-refractivity contribution in [3.8, 4) is 11.3 Å². The third-order valence-corrected chi connectivity index (χ3v) is 3.55. The van der Waals surface area contributed by atoms with E-state index < -0.39 is 0 Å². The second-order valence-electron chi connectivity index (χ2n) is 4.94. The van der Waals surface area contributed by atoms with E-state index in [0.717, 1.165) is 24.1 Å². The van der Waals surface area contributed by atoms with Crippen LogP contribution in [0.4, 0.5) is 0 Å². The Morgan fingerprint density at radius 1 is 1.25 bits per heavy atom. The van der Waals surface area contributed by atoms with Crippen molar-refractivity contribution in [1.82, 2.24) is 9.78 Å². The predicted octanol–water partition coefficient (Wildman–Crippen LogP) is 3.76. The highest BCUT2D eigenvalue weighted by Crippen LogP contribution is 2.18. The van der Waals surface area contributed by atoms with E-state index in [-0.39, 0.29) is 11.4 Å². The molecule has 106 valence electrons. The first-order chi connectivity index (χ1) is 9.65. The summed E-state index contributed by atoms with van der Waals surface area (Å²) in [5.41, 5.74) is 3.53. The highest BCUT2D eigenvalue weighted by Gasteiger charge is 2.09. The number of nitrogens with zero attached hydrogens (tertiary/aromatic N) is 2. The van der Waals surface area contributed by atoms with E-state index in [4.69, 9.17) is 11.6 Å². The second-order valence-corrected chi connectivity index (χ2v) is 5.20. The summed E-state index contributed by atoms with van der Waals surface area (Å²) in [4.78, 5) is 12.2. The van der Waals surface area contributed by atoms with Gasteiger partial charge in [-0.3, -0.25) is 4.79 Å². The minimum atomic E-state index is -0.0793. The Kier molecular flexibility index (Phi) is 4.96. The van der Waals surface area contributed by atoms with Crippen molar-refractivity contribution in [1.29, 1.82) is 0 Å². The van der Waals surface area contributed by atoms with Crippen molar-refractivity contribution >= 4 is 11.6 Å². The van der Waals surface area contributed by atoms with Crippen LogP contribution in [0, 0.1) is 6.92 Å². The van der Waals surface area contributed by atoms with Gasteiger partial charge in [-0.25, -0.2) is 4.68 Å². The summed E-state index contributed by atoms with van der Waals surface area (Å²) in [7, 11) is 0. The van der Waals surface area contributed by atoms with Crippen LogP contribution in [0.25, 0.3) is 11.3 Å². The zero-order valence-electron chi connectivity index (χ0n) is 11.9. The fraction of sp³-hybridized carbons (Fsp3) is 0.375. The molecule has 0 aliphatic carbocycles. The topological polar surface area (TPSA) is 34.9 Å². The zero-order valence-corrected chi connectivity index (χ0v) is 12.7. The summed E-state index contributed by atoms with van der Waals surface area (Å²) in [6, 6.07) is 9.91. The van der Waals surface area contributed by atoms with Gasteiger partial charge in [-0.05, 0) is 19.4 Å². The molecule has 0 unspecified atom stereocenters. The summed E-state index contributed by atoms with van der Waals surface area (Å²) < 4.78 is 1.54. The van der Waals surface area contributed by atoms with Gasteiger partial charge in [-0.15, -0.1) is 11.6 Å². The van der Waals surface area contributed by atoms with E-state index in [2.05, 4.69) is 12.0 Å². The first-order valence-corrected chi connectivity index (χ1v) is 7.43. The first kappa shape index (κ1) is 14.8. The standard InChI is InChI=1S/C16H19ClN2O/c1-3-4-9-19-16(20)14(11-17)10-15(18-19)13-7-5-12(2)6-8-13/h5-8,10H,3-4,9,11H2,1-2H3. The Balaban J connectivity index is 2.47. The summed E-state index contributed by atoms with van der Waals surface area (Å²) in [6.45, 7) is 4.78. The van der Waals surface area contributed by atoms with Crippen LogP contribution < -0.4 is 5.56 Å². The number of halogens is 1. The van der Waals surface area contributed by atoms with Gasteiger partial charge < -0.3 is 0 Å². The molecule has 0 saturated heterocycles. The lowest BCUT2D eigenvalue weighted by Crippen LogP contribution is -2.26. The molecule has 0 bridgehead atoms. The number of hydrogen-bond acceptors (Lipinski definition) is 2. The molecule has 0 amide bonds. The molecular weight excluding hydrogens is 272 g/mol. The SMILES string of the molecule is CCCCn1nc(-c2ccc(C)cc2)cc(CCl)c1=O. The van der Waals surface area contributed by atoms with Gasteiger partial charge in [-0.2, -0.15) is 5.10 Å². The Hall–Kier alpha value is -1.61. The summed E-state index contributed by atoms with van der Waals surface area (Å²) in [5.74, 6) is 0.215. The summed E-state index contributed by atoms with van der Waals surface area (Å²) >= 11 is 5.88. The highest BCUT2D eigenvalue weighted by molar-refractivity contribution is 6.17. The van der Waals surface area contributed by atoms with E-state index in [0.29, 0.717) is 12.1 Å². The predicted molar refractivity (Wildman–Crippen MR) is 83.1 cm³/mol. The van der Waals surface area contributed by atoms with E-state index in [9.17, 15) is 4.79 Å².